The summed E-state index contributed by atoms with van der Waals surface area (Å²) in [5.41, 5.74) is 1.23. The standard InChI is InChI=1S/C12H17F3N2O2S/c1-9-3-4-10(8-16-2)7-11(9)20(18,19)17-6-5-12(13,14)15/h3-4,7,16-17H,5-6,8H2,1-2H3. The summed E-state index contributed by atoms with van der Waals surface area (Å²) in [6.07, 6.45) is -5.58. The van der Waals surface area contributed by atoms with Gasteiger partial charge < -0.3 is 5.32 Å². The second-order valence-corrected chi connectivity index (χ2v) is 6.13. The van der Waals surface area contributed by atoms with Crippen molar-refractivity contribution in [3.8, 4) is 0 Å². The third-order valence-corrected chi connectivity index (χ3v) is 4.23. The summed E-state index contributed by atoms with van der Waals surface area (Å²) in [7, 11) is -2.21. The quantitative estimate of drug-likeness (QED) is 0.844. The number of nitrogens with one attached hydrogen (secondary N) is 2. The lowest BCUT2D eigenvalue weighted by atomic mass is 10.1. The summed E-state index contributed by atoms with van der Waals surface area (Å²) in [5, 5.41) is 2.88. The van der Waals surface area contributed by atoms with Gasteiger partial charge in [-0.05, 0) is 31.2 Å². The number of benzene rings is 1. The SMILES string of the molecule is CNCc1ccc(C)c(S(=O)(=O)NCCC(F)(F)F)c1. The molecule has 0 unspecified atom stereocenters. The van der Waals surface area contributed by atoms with Crippen LogP contribution in [0.1, 0.15) is 17.5 Å². The first-order valence-corrected chi connectivity index (χ1v) is 7.44. The minimum atomic E-state index is -4.38. The molecule has 0 saturated carbocycles. The van der Waals surface area contributed by atoms with Gasteiger partial charge in [0.15, 0.2) is 0 Å². The highest BCUT2D eigenvalue weighted by Crippen LogP contribution is 2.20. The molecule has 0 radical (unpaired) electrons. The molecule has 0 aliphatic carbocycles. The van der Waals surface area contributed by atoms with Gasteiger partial charge in [0.2, 0.25) is 10.0 Å². The monoisotopic (exact) mass is 310 g/mol. The van der Waals surface area contributed by atoms with Crippen LogP contribution < -0.4 is 10.0 Å². The van der Waals surface area contributed by atoms with Crippen LogP contribution in [0.2, 0.25) is 0 Å². The van der Waals surface area contributed by atoms with Crippen LogP contribution in [0.5, 0.6) is 0 Å². The van der Waals surface area contributed by atoms with Crippen LogP contribution in [-0.4, -0.2) is 28.2 Å². The molecule has 0 aromatic heterocycles. The van der Waals surface area contributed by atoms with Gasteiger partial charge >= 0.3 is 6.18 Å². The molecule has 2 N–H and O–H groups in total. The third kappa shape index (κ3) is 5.10. The van der Waals surface area contributed by atoms with Crippen molar-refractivity contribution in [2.75, 3.05) is 13.6 Å². The van der Waals surface area contributed by atoms with E-state index in [1.54, 1.807) is 26.1 Å². The van der Waals surface area contributed by atoms with Crippen LogP contribution in [0, 0.1) is 6.92 Å². The molecular formula is C12H17F3N2O2S. The number of hydrogen-bond acceptors (Lipinski definition) is 3. The van der Waals surface area contributed by atoms with E-state index in [4.69, 9.17) is 0 Å². The Hall–Kier alpha value is -1.12. The highest BCUT2D eigenvalue weighted by atomic mass is 32.2. The minimum Gasteiger partial charge on any atom is -0.316 e. The van der Waals surface area contributed by atoms with E-state index in [1.165, 1.54) is 6.07 Å². The van der Waals surface area contributed by atoms with Crippen molar-refractivity contribution in [3.63, 3.8) is 0 Å². The van der Waals surface area contributed by atoms with Crippen molar-refractivity contribution in [2.24, 2.45) is 0 Å². The minimum absolute atomic E-state index is 0.00687. The molecule has 0 atom stereocenters. The van der Waals surface area contributed by atoms with E-state index >= 15 is 0 Å². The largest absolute Gasteiger partial charge is 0.390 e. The molecule has 0 aliphatic heterocycles. The Balaban J connectivity index is 2.89. The average molecular weight is 310 g/mol. The van der Waals surface area contributed by atoms with Gasteiger partial charge in [0.25, 0.3) is 0 Å². The van der Waals surface area contributed by atoms with Gasteiger partial charge in [0.1, 0.15) is 0 Å². The molecule has 20 heavy (non-hydrogen) atoms. The number of alkyl halides is 3. The van der Waals surface area contributed by atoms with E-state index in [0.29, 0.717) is 12.1 Å². The maximum absolute atomic E-state index is 12.0. The number of halogens is 3. The van der Waals surface area contributed by atoms with Gasteiger partial charge in [-0.25, -0.2) is 13.1 Å². The van der Waals surface area contributed by atoms with Crippen molar-refractivity contribution in [1.82, 2.24) is 10.0 Å². The second kappa shape index (κ2) is 6.55. The van der Waals surface area contributed by atoms with Crippen LogP contribution in [0.4, 0.5) is 13.2 Å². The Morgan fingerprint density at radius 1 is 1.25 bits per heavy atom. The molecule has 0 heterocycles. The fraction of sp³-hybridized carbons (Fsp3) is 0.500. The first kappa shape index (κ1) is 16.9. The summed E-state index contributed by atoms with van der Waals surface area (Å²) in [4.78, 5) is 0.00687. The number of sulfonamides is 1. The van der Waals surface area contributed by atoms with E-state index in [0.717, 1.165) is 5.56 Å². The zero-order chi connectivity index (χ0) is 15.4. The van der Waals surface area contributed by atoms with Crippen LogP contribution in [0.25, 0.3) is 0 Å². The van der Waals surface area contributed by atoms with Gasteiger partial charge in [-0.3, -0.25) is 0 Å². The smallest absolute Gasteiger partial charge is 0.316 e. The maximum Gasteiger partial charge on any atom is 0.390 e. The molecule has 0 spiro atoms. The van der Waals surface area contributed by atoms with Crippen molar-refractivity contribution < 1.29 is 21.6 Å². The first-order valence-electron chi connectivity index (χ1n) is 5.96. The summed E-state index contributed by atoms with van der Waals surface area (Å²) < 4.78 is 62.1. The van der Waals surface area contributed by atoms with E-state index in [9.17, 15) is 21.6 Å². The van der Waals surface area contributed by atoms with E-state index in [-0.39, 0.29) is 4.90 Å². The molecule has 1 rings (SSSR count). The van der Waals surface area contributed by atoms with Crippen molar-refractivity contribution in [1.29, 1.82) is 0 Å². The third-order valence-electron chi connectivity index (χ3n) is 2.62. The highest BCUT2D eigenvalue weighted by Gasteiger charge is 2.27. The zero-order valence-electron chi connectivity index (χ0n) is 11.2. The molecule has 114 valence electrons. The van der Waals surface area contributed by atoms with Gasteiger partial charge in [-0.15, -0.1) is 0 Å². The average Bonchev–Trinajstić information content (AvgIpc) is 2.29. The highest BCUT2D eigenvalue weighted by molar-refractivity contribution is 7.89. The molecule has 0 saturated heterocycles. The number of hydrogen-bond donors (Lipinski definition) is 2. The number of aryl methyl sites for hydroxylation is 1. The Labute approximate surface area is 116 Å². The van der Waals surface area contributed by atoms with Crippen LogP contribution in [0.3, 0.4) is 0 Å². The molecule has 0 fully saturated rings. The van der Waals surface area contributed by atoms with E-state index in [2.05, 4.69) is 5.32 Å². The number of rotatable bonds is 6. The molecule has 0 bridgehead atoms. The van der Waals surface area contributed by atoms with Crippen molar-refractivity contribution >= 4 is 10.0 Å². The van der Waals surface area contributed by atoms with Crippen LogP contribution in [-0.2, 0) is 16.6 Å². The second-order valence-electron chi connectivity index (χ2n) is 4.39. The van der Waals surface area contributed by atoms with Crippen LogP contribution in [0.15, 0.2) is 23.1 Å². The Morgan fingerprint density at radius 2 is 1.90 bits per heavy atom. The normalized spacial score (nSPS) is 12.7. The summed E-state index contributed by atoms with van der Waals surface area (Å²) in [6, 6.07) is 4.85. The van der Waals surface area contributed by atoms with Gasteiger partial charge in [0, 0.05) is 13.1 Å². The molecule has 0 amide bonds. The van der Waals surface area contributed by atoms with E-state index < -0.39 is 29.2 Å². The molecule has 1 aromatic rings. The molecule has 0 aliphatic rings. The summed E-state index contributed by atoms with van der Waals surface area (Å²) in [6.45, 7) is 1.41. The molecule has 1 aromatic carbocycles. The molecule has 8 heteroatoms. The Kier molecular flexibility index (Phi) is 5.55. The van der Waals surface area contributed by atoms with E-state index in [1.807, 2.05) is 4.72 Å². The lowest BCUT2D eigenvalue weighted by Crippen LogP contribution is -2.28. The lowest BCUT2D eigenvalue weighted by molar-refractivity contribution is -0.132. The molecular weight excluding hydrogens is 293 g/mol. The Bertz CT molecular complexity index is 556. The summed E-state index contributed by atoms with van der Waals surface area (Å²) in [5.74, 6) is 0. The lowest BCUT2D eigenvalue weighted by Gasteiger charge is -2.12. The fourth-order valence-electron chi connectivity index (χ4n) is 1.65. The van der Waals surface area contributed by atoms with Crippen molar-refractivity contribution in [3.05, 3.63) is 29.3 Å². The molecule has 4 nitrogen and oxygen atoms in total. The van der Waals surface area contributed by atoms with Crippen molar-refractivity contribution in [2.45, 2.75) is 31.0 Å². The zero-order valence-corrected chi connectivity index (χ0v) is 12.0. The first-order chi connectivity index (χ1) is 9.15. The Morgan fingerprint density at radius 3 is 2.45 bits per heavy atom. The predicted molar refractivity (Wildman–Crippen MR) is 69.8 cm³/mol. The fourth-order valence-corrected chi connectivity index (χ4v) is 2.98. The van der Waals surface area contributed by atoms with Gasteiger partial charge in [-0.1, -0.05) is 12.1 Å². The van der Waals surface area contributed by atoms with Gasteiger partial charge in [-0.2, -0.15) is 13.2 Å². The predicted octanol–water partition coefficient (Wildman–Crippen LogP) is 1.95. The van der Waals surface area contributed by atoms with Gasteiger partial charge in [0.05, 0.1) is 11.3 Å². The topological polar surface area (TPSA) is 58.2 Å². The summed E-state index contributed by atoms with van der Waals surface area (Å²) >= 11 is 0. The maximum atomic E-state index is 12.0. The van der Waals surface area contributed by atoms with Crippen LogP contribution >= 0.6 is 0 Å².